The van der Waals surface area contributed by atoms with Crippen LogP contribution in [0.1, 0.15) is 17.3 Å². The van der Waals surface area contributed by atoms with Crippen LogP contribution in [0.5, 0.6) is 0 Å². The van der Waals surface area contributed by atoms with E-state index in [2.05, 4.69) is 17.5 Å². The van der Waals surface area contributed by atoms with Gasteiger partial charge in [-0.1, -0.05) is 12.0 Å². The van der Waals surface area contributed by atoms with E-state index < -0.39 is 0 Å². The molecule has 0 radical (unpaired) electrons. The molecule has 2 nitrogen and oxygen atoms in total. The van der Waals surface area contributed by atoms with E-state index in [4.69, 9.17) is 12.2 Å². The van der Waals surface area contributed by atoms with Crippen LogP contribution >= 0.6 is 0 Å². The normalized spacial score (nSPS) is 11.7. The van der Waals surface area contributed by atoms with Crippen molar-refractivity contribution in [3.63, 3.8) is 0 Å². The topological polar surface area (TPSA) is 38.9 Å². The van der Waals surface area contributed by atoms with E-state index in [1.165, 1.54) is 0 Å². The monoisotopic (exact) mass is 158 g/mol. The largest absolute Gasteiger partial charge is 0.321 e. The van der Waals surface area contributed by atoms with Crippen molar-refractivity contribution in [3.05, 3.63) is 42.2 Å². The average Bonchev–Trinajstić information content (AvgIpc) is 2.17. The van der Waals surface area contributed by atoms with Crippen LogP contribution in [0.3, 0.4) is 0 Å². The first-order chi connectivity index (χ1) is 5.77. The van der Waals surface area contributed by atoms with Gasteiger partial charge in [0, 0.05) is 12.2 Å². The van der Waals surface area contributed by atoms with Gasteiger partial charge in [0.2, 0.25) is 0 Å². The lowest BCUT2D eigenvalue weighted by Gasteiger charge is -2.05. The van der Waals surface area contributed by atoms with Crippen molar-refractivity contribution < 1.29 is 0 Å². The molecule has 0 saturated heterocycles. The highest BCUT2D eigenvalue weighted by Gasteiger charge is 2.00. The highest BCUT2D eigenvalue weighted by molar-refractivity contribution is 5.31. The van der Waals surface area contributed by atoms with Gasteiger partial charge in [0.25, 0.3) is 0 Å². The van der Waals surface area contributed by atoms with Crippen molar-refractivity contribution in [2.45, 2.75) is 6.04 Å². The quantitative estimate of drug-likeness (QED) is 0.519. The third kappa shape index (κ3) is 1.71. The Balaban J connectivity index is 3.03. The third-order valence-electron chi connectivity index (χ3n) is 1.57. The zero-order valence-corrected chi connectivity index (χ0v) is 6.70. The first-order valence-electron chi connectivity index (χ1n) is 3.58. The maximum atomic E-state index is 5.70. The molecule has 0 saturated carbocycles. The average molecular weight is 158 g/mol. The minimum Gasteiger partial charge on any atom is -0.321 e. The molecule has 1 aromatic rings. The molecule has 60 valence electrons. The standard InChI is InChI=1S/C10H10N2/c1-3-9-7-8(5-6-12-9)10(11)4-2/h1,4-7,10H,2,11H2/t10-/m0/s1. The summed E-state index contributed by atoms with van der Waals surface area (Å²) in [6, 6.07) is 3.44. The highest BCUT2D eigenvalue weighted by atomic mass is 14.7. The van der Waals surface area contributed by atoms with Crippen LogP contribution in [0.15, 0.2) is 31.0 Å². The summed E-state index contributed by atoms with van der Waals surface area (Å²) in [4.78, 5) is 3.95. The number of aromatic nitrogens is 1. The first kappa shape index (κ1) is 8.51. The van der Waals surface area contributed by atoms with E-state index in [1.54, 1.807) is 18.3 Å². The Morgan fingerprint density at radius 3 is 3.08 bits per heavy atom. The first-order valence-corrected chi connectivity index (χ1v) is 3.58. The summed E-state index contributed by atoms with van der Waals surface area (Å²) >= 11 is 0. The maximum Gasteiger partial charge on any atom is 0.113 e. The summed E-state index contributed by atoms with van der Waals surface area (Å²) in [5.74, 6) is 2.45. The summed E-state index contributed by atoms with van der Waals surface area (Å²) in [5, 5.41) is 0. The van der Waals surface area contributed by atoms with Gasteiger partial charge < -0.3 is 5.73 Å². The van der Waals surface area contributed by atoms with Crippen LogP contribution in [0.25, 0.3) is 0 Å². The van der Waals surface area contributed by atoms with Gasteiger partial charge in [-0.05, 0) is 17.7 Å². The van der Waals surface area contributed by atoms with Gasteiger partial charge in [-0.15, -0.1) is 13.0 Å². The summed E-state index contributed by atoms with van der Waals surface area (Å²) in [6.07, 6.45) is 8.49. The molecule has 0 aliphatic rings. The molecular formula is C10H10N2. The molecule has 1 rings (SSSR count). The van der Waals surface area contributed by atoms with Crippen LogP contribution in [0.4, 0.5) is 0 Å². The molecule has 0 fully saturated rings. The Bertz CT molecular complexity index is 323. The van der Waals surface area contributed by atoms with Gasteiger partial charge in [0.15, 0.2) is 0 Å². The molecule has 0 aliphatic heterocycles. The molecule has 0 bridgehead atoms. The lowest BCUT2D eigenvalue weighted by molar-refractivity contribution is 0.908. The van der Waals surface area contributed by atoms with Crippen molar-refractivity contribution in [2.24, 2.45) is 5.73 Å². The molecule has 1 heterocycles. The minimum absolute atomic E-state index is 0.167. The van der Waals surface area contributed by atoms with E-state index in [0.717, 1.165) is 5.56 Å². The molecule has 0 unspecified atom stereocenters. The smallest absolute Gasteiger partial charge is 0.113 e. The Labute approximate surface area is 72.1 Å². The van der Waals surface area contributed by atoms with E-state index in [1.807, 2.05) is 6.07 Å². The van der Waals surface area contributed by atoms with Gasteiger partial charge in [0.1, 0.15) is 5.69 Å². The van der Waals surface area contributed by atoms with Crippen LogP contribution in [-0.4, -0.2) is 4.98 Å². The number of rotatable bonds is 2. The highest BCUT2D eigenvalue weighted by Crippen LogP contribution is 2.10. The lowest BCUT2D eigenvalue weighted by Crippen LogP contribution is -2.06. The summed E-state index contributed by atoms with van der Waals surface area (Å²) < 4.78 is 0. The van der Waals surface area contributed by atoms with Crippen LogP contribution < -0.4 is 5.73 Å². The predicted octanol–water partition coefficient (Wildman–Crippen LogP) is 1.25. The van der Waals surface area contributed by atoms with Gasteiger partial charge in [-0.25, -0.2) is 4.98 Å². The molecule has 0 aliphatic carbocycles. The molecular weight excluding hydrogens is 148 g/mol. The molecule has 2 heteroatoms. The number of pyridine rings is 1. The molecule has 1 aromatic heterocycles. The fourth-order valence-corrected chi connectivity index (χ4v) is 0.869. The maximum absolute atomic E-state index is 5.70. The molecule has 2 N–H and O–H groups in total. The van der Waals surface area contributed by atoms with E-state index in [9.17, 15) is 0 Å². The van der Waals surface area contributed by atoms with E-state index in [0.29, 0.717) is 5.69 Å². The zero-order chi connectivity index (χ0) is 8.97. The van der Waals surface area contributed by atoms with Crippen LogP contribution in [-0.2, 0) is 0 Å². The molecule has 1 atom stereocenters. The number of terminal acetylenes is 1. The van der Waals surface area contributed by atoms with Crippen molar-refractivity contribution in [1.29, 1.82) is 0 Å². The van der Waals surface area contributed by atoms with Crippen LogP contribution in [0, 0.1) is 12.3 Å². The number of nitrogens with zero attached hydrogens (tertiary/aromatic N) is 1. The Morgan fingerprint density at radius 1 is 1.75 bits per heavy atom. The van der Waals surface area contributed by atoms with Gasteiger partial charge in [-0.3, -0.25) is 0 Å². The Kier molecular flexibility index (Phi) is 2.62. The van der Waals surface area contributed by atoms with Crippen molar-refractivity contribution in [1.82, 2.24) is 4.98 Å². The van der Waals surface area contributed by atoms with Gasteiger partial charge in [0.05, 0.1) is 0 Å². The summed E-state index contributed by atoms with van der Waals surface area (Å²) in [5.41, 5.74) is 7.24. The molecule has 0 spiro atoms. The van der Waals surface area contributed by atoms with Crippen molar-refractivity contribution in [3.8, 4) is 12.3 Å². The fraction of sp³-hybridized carbons (Fsp3) is 0.100. The van der Waals surface area contributed by atoms with Crippen molar-refractivity contribution in [2.75, 3.05) is 0 Å². The lowest BCUT2D eigenvalue weighted by atomic mass is 10.1. The second-order valence-electron chi connectivity index (χ2n) is 2.38. The number of hydrogen-bond donors (Lipinski definition) is 1. The molecule has 0 amide bonds. The number of hydrogen-bond acceptors (Lipinski definition) is 2. The summed E-state index contributed by atoms with van der Waals surface area (Å²) in [7, 11) is 0. The second kappa shape index (κ2) is 3.70. The van der Waals surface area contributed by atoms with E-state index >= 15 is 0 Å². The van der Waals surface area contributed by atoms with Gasteiger partial charge >= 0.3 is 0 Å². The summed E-state index contributed by atoms with van der Waals surface area (Å²) in [6.45, 7) is 3.60. The Hall–Kier alpha value is -1.59. The number of nitrogens with two attached hydrogens (primary N) is 1. The third-order valence-corrected chi connectivity index (χ3v) is 1.57. The molecule has 12 heavy (non-hydrogen) atoms. The SMILES string of the molecule is C#Cc1cc([C@@H](N)C=C)ccn1. The second-order valence-corrected chi connectivity index (χ2v) is 2.38. The zero-order valence-electron chi connectivity index (χ0n) is 6.70. The minimum atomic E-state index is -0.167. The van der Waals surface area contributed by atoms with E-state index in [-0.39, 0.29) is 6.04 Å². The predicted molar refractivity (Wildman–Crippen MR) is 49.3 cm³/mol. The van der Waals surface area contributed by atoms with Gasteiger partial charge in [-0.2, -0.15) is 0 Å². The van der Waals surface area contributed by atoms with Crippen LogP contribution in [0.2, 0.25) is 0 Å². The fourth-order valence-electron chi connectivity index (χ4n) is 0.869. The van der Waals surface area contributed by atoms with Crippen molar-refractivity contribution >= 4 is 0 Å². The molecule has 0 aromatic carbocycles. The Morgan fingerprint density at radius 2 is 2.50 bits per heavy atom.